The van der Waals surface area contributed by atoms with Gasteiger partial charge in [-0.15, -0.1) is 11.8 Å². The van der Waals surface area contributed by atoms with Gasteiger partial charge in [-0.2, -0.15) is 0 Å². The summed E-state index contributed by atoms with van der Waals surface area (Å²) < 4.78 is 24.1. The number of carbonyl (C=O) groups is 1. The maximum atomic E-state index is 12.9. The van der Waals surface area contributed by atoms with Gasteiger partial charge in [0.2, 0.25) is 5.91 Å². The minimum absolute atomic E-state index is 0.0626. The summed E-state index contributed by atoms with van der Waals surface area (Å²) in [5, 5.41) is 3.38. The molecular weight excluding hydrogens is 389 g/mol. The van der Waals surface area contributed by atoms with Crippen LogP contribution in [0.25, 0.3) is 0 Å². The third-order valence-electron chi connectivity index (χ3n) is 3.95. The quantitative estimate of drug-likeness (QED) is 0.541. The molecule has 0 saturated heterocycles. The van der Waals surface area contributed by atoms with Crippen molar-refractivity contribution >= 4 is 29.3 Å². The number of fused-ring (bicyclic) bond motifs is 1. The lowest BCUT2D eigenvalue weighted by Crippen LogP contribution is -2.26. The van der Waals surface area contributed by atoms with Crippen LogP contribution in [0.2, 0.25) is 5.02 Å². The molecule has 4 nitrogen and oxygen atoms in total. The number of carbonyl (C=O) groups excluding carboxylic acids is 1. The molecule has 1 aliphatic heterocycles. The summed E-state index contributed by atoms with van der Waals surface area (Å²) in [5.74, 6) is 1.70. The minimum Gasteiger partial charge on any atom is -0.489 e. The van der Waals surface area contributed by atoms with E-state index in [-0.39, 0.29) is 18.1 Å². The van der Waals surface area contributed by atoms with Crippen molar-refractivity contribution in [1.82, 2.24) is 5.32 Å². The number of nitrogens with one attached hydrogen (secondary N) is 1. The topological polar surface area (TPSA) is 47.6 Å². The van der Waals surface area contributed by atoms with Gasteiger partial charge < -0.3 is 14.8 Å². The van der Waals surface area contributed by atoms with Crippen LogP contribution in [0, 0.1) is 5.82 Å². The van der Waals surface area contributed by atoms with Crippen LogP contribution >= 0.6 is 23.4 Å². The third kappa shape index (κ3) is 6.04. The van der Waals surface area contributed by atoms with Crippen LogP contribution in [0.3, 0.4) is 0 Å². The first-order valence-electron chi connectivity index (χ1n) is 8.85. The molecule has 3 rings (SSSR count). The first-order valence-corrected chi connectivity index (χ1v) is 10.2. The van der Waals surface area contributed by atoms with Crippen LogP contribution < -0.4 is 14.8 Å². The fraction of sp³-hybridized carbons (Fsp3) is 0.350. The smallest absolute Gasteiger partial charge is 0.224 e. The second-order valence-electron chi connectivity index (χ2n) is 6.14. The van der Waals surface area contributed by atoms with E-state index in [2.05, 4.69) is 5.32 Å². The summed E-state index contributed by atoms with van der Waals surface area (Å²) in [4.78, 5) is 13.2. The lowest BCUT2D eigenvalue weighted by molar-refractivity contribution is -0.120. The van der Waals surface area contributed by atoms with Crippen LogP contribution in [-0.2, 0) is 11.2 Å². The molecule has 0 aliphatic carbocycles. The van der Waals surface area contributed by atoms with E-state index in [9.17, 15) is 9.18 Å². The van der Waals surface area contributed by atoms with Crippen molar-refractivity contribution < 1.29 is 18.7 Å². The number of hydrogen-bond acceptors (Lipinski definition) is 4. The predicted molar refractivity (Wildman–Crippen MR) is 106 cm³/mol. The maximum Gasteiger partial charge on any atom is 0.224 e. The van der Waals surface area contributed by atoms with Gasteiger partial charge in [0.15, 0.2) is 11.5 Å². The average Bonchev–Trinajstić information content (AvgIpc) is 2.89. The Morgan fingerprint density at radius 3 is 2.78 bits per heavy atom. The van der Waals surface area contributed by atoms with Gasteiger partial charge in [-0.3, -0.25) is 4.79 Å². The monoisotopic (exact) mass is 409 g/mol. The number of ether oxygens (including phenoxy) is 2. The van der Waals surface area contributed by atoms with Crippen molar-refractivity contribution in [3.8, 4) is 11.5 Å². The molecule has 0 radical (unpaired) electrons. The minimum atomic E-state index is -0.235. The standard InChI is InChI=1S/C20H21ClFNO3S/c21-17-11-14(12-18-20(17)26-9-2-8-25-18)13-19(24)23-7-1-10-27-16-5-3-15(22)4-6-16/h3-6,11-12H,1-2,7-10,13H2,(H,23,24). The molecule has 2 aromatic rings. The number of thioether (sulfide) groups is 1. The lowest BCUT2D eigenvalue weighted by atomic mass is 10.1. The fourth-order valence-electron chi connectivity index (χ4n) is 2.65. The Bertz CT molecular complexity index is 786. The Labute approximate surface area is 167 Å². The van der Waals surface area contributed by atoms with E-state index < -0.39 is 0 Å². The summed E-state index contributed by atoms with van der Waals surface area (Å²) >= 11 is 7.89. The Balaban J connectivity index is 1.42. The Kier molecular flexibility index (Phi) is 7.24. The fourth-order valence-corrected chi connectivity index (χ4v) is 3.80. The molecule has 1 heterocycles. The van der Waals surface area contributed by atoms with Crippen LogP contribution in [-0.4, -0.2) is 31.4 Å². The zero-order valence-electron chi connectivity index (χ0n) is 14.8. The van der Waals surface area contributed by atoms with Crippen molar-refractivity contribution in [3.05, 3.63) is 52.8 Å². The molecule has 0 atom stereocenters. The molecule has 0 bridgehead atoms. The van der Waals surface area contributed by atoms with Gasteiger partial charge in [0, 0.05) is 17.9 Å². The molecule has 0 fully saturated rings. The normalized spacial score (nSPS) is 13.1. The Hall–Kier alpha value is -1.92. The highest BCUT2D eigenvalue weighted by atomic mass is 35.5. The number of halogens is 2. The second kappa shape index (κ2) is 9.85. The SMILES string of the molecule is O=C(Cc1cc(Cl)c2c(c1)OCCCO2)NCCCSc1ccc(F)cc1. The summed E-state index contributed by atoms with van der Waals surface area (Å²) in [6, 6.07) is 9.98. The third-order valence-corrected chi connectivity index (χ3v) is 5.33. The summed E-state index contributed by atoms with van der Waals surface area (Å²) in [5.41, 5.74) is 0.794. The van der Waals surface area contributed by atoms with Gasteiger partial charge in [-0.1, -0.05) is 11.6 Å². The summed E-state index contributed by atoms with van der Waals surface area (Å²) in [6.07, 6.45) is 1.87. The predicted octanol–water partition coefficient (Wildman–Crippen LogP) is 4.48. The Morgan fingerprint density at radius 1 is 1.19 bits per heavy atom. The molecule has 1 N–H and O–H groups in total. The first kappa shape index (κ1) is 19.8. The number of amides is 1. The molecular formula is C20H21ClFNO3S. The molecule has 1 aliphatic rings. The molecule has 1 amide bonds. The van der Waals surface area contributed by atoms with Crippen LogP contribution in [0.5, 0.6) is 11.5 Å². The summed E-state index contributed by atoms with van der Waals surface area (Å²) in [6.45, 7) is 1.73. The average molecular weight is 410 g/mol. The van der Waals surface area contributed by atoms with Crippen LogP contribution in [0.15, 0.2) is 41.3 Å². The van der Waals surface area contributed by atoms with Crippen molar-refractivity contribution in [1.29, 1.82) is 0 Å². The van der Waals surface area contributed by atoms with Gasteiger partial charge in [-0.05, 0) is 54.1 Å². The highest BCUT2D eigenvalue weighted by Crippen LogP contribution is 2.38. The molecule has 2 aromatic carbocycles. The van der Waals surface area contributed by atoms with E-state index in [1.54, 1.807) is 30.0 Å². The molecule has 0 unspecified atom stereocenters. The highest BCUT2D eigenvalue weighted by molar-refractivity contribution is 7.99. The van der Waals surface area contributed by atoms with E-state index in [0.29, 0.717) is 36.3 Å². The van der Waals surface area contributed by atoms with Gasteiger partial charge in [0.1, 0.15) is 5.82 Å². The van der Waals surface area contributed by atoms with Crippen molar-refractivity contribution in [2.45, 2.75) is 24.2 Å². The molecule has 27 heavy (non-hydrogen) atoms. The second-order valence-corrected chi connectivity index (χ2v) is 7.71. The van der Waals surface area contributed by atoms with Gasteiger partial charge >= 0.3 is 0 Å². The van der Waals surface area contributed by atoms with E-state index in [1.807, 2.05) is 6.07 Å². The van der Waals surface area contributed by atoms with Crippen LogP contribution in [0.4, 0.5) is 4.39 Å². The van der Waals surface area contributed by atoms with Gasteiger partial charge in [0.25, 0.3) is 0 Å². The molecule has 0 saturated carbocycles. The molecule has 0 aromatic heterocycles. The van der Waals surface area contributed by atoms with Crippen molar-refractivity contribution in [3.63, 3.8) is 0 Å². The first-order chi connectivity index (χ1) is 13.1. The van der Waals surface area contributed by atoms with Crippen molar-refractivity contribution in [2.75, 3.05) is 25.5 Å². The van der Waals surface area contributed by atoms with E-state index in [4.69, 9.17) is 21.1 Å². The number of hydrogen-bond donors (Lipinski definition) is 1. The van der Waals surface area contributed by atoms with Gasteiger partial charge in [0.05, 0.1) is 24.7 Å². The number of rotatable bonds is 7. The van der Waals surface area contributed by atoms with E-state index in [1.165, 1.54) is 12.1 Å². The molecule has 144 valence electrons. The van der Waals surface area contributed by atoms with Crippen molar-refractivity contribution in [2.24, 2.45) is 0 Å². The zero-order valence-corrected chi connectivity index (χ0v) is 16.4. The maximum absolute atomic E-state index is 12.9. The van der Waals surface area contributed by atoms with E-state index >= 15 is 0 Å². The van der Waals surface area contributed by atoms with E-state index in [0.717, 1.165) is 29.1 Å². The van der Waals surface area contributed by atoms with Gasteiger partial charge in [-0.25, -0.2) is 4.39 Å². The number of benzene rings is 2. The molecule has 7 heteroatoms. The largest absolute Gasteiger partial charge is 0.489 e. The Morgan fingerprint density at radius 2 is 1.96 bits per heavy atom. The summed E-state index contributed by atoms with van der Waals surface area (Å²) in [7, 11) is 0. The molecule has 0 spiro atoms. The highest BCUT2D eigenvalue weighted by Gasteiger charge is 2.16. The van der Waals surface area contributed by atoms with Crippen LogP contribution in [0.1, 0.15) is 18.4 Å². The zero-order chi connectivity index (χ0) is 19.1. The lowest BCUT2D eigenvalue weighted by Gasteiger charge is -2.11.